The third-order valence-corrected chi connectivity index (χ3v) is 3.46. The summed E-state index contributed by atoms with van der Waals surface area (Å²) >= 11 is 6.33. The van der Waals surface area contributed by atoms with Gasteiger partial charge in [0.15, 0.2) is 0 Å². The molecule has 1 aliphatic rings. The molecule has 0 fully saturated rings. The summed E-state index contributed by atoms with van der Waals surface area (Å²) in [4.78, 5) is 0. The summed E-state index contributed by atoms with van der Waals surface area (Å²) in [5, 5.41) is 8.35. The van der Waals surface area contributed by atoms with E-state index in [0.29, 0.717) is 0 Å². The third kappa shape index (κ3) is 1.91. The number of halogens is 1. The summed E-state index contributed by atoms with van der Waals surface area (Å²) in [5.41, 5.74) is 4.67. The van der Waals surface area contributed by atoms with Crippen LogP contribution in [-0.2, 0) is 13.5 Å². The first-order valence-electron chi connectivity index (χ1n) is 5.79. The Labute approximate surface area is 105 Å². The predicted octanol–water partition coefficient (Wildman–Crippen LogP) is 3.10. The number of hydrogen-bond donors (Lipinski definition) is 1. The Kier molecular flexibility index (Phi) is 2.56. The van der Waals surface area contributed by atoms with Crippen LogP contribution in [0.4, 0.5) is 5.69 Å². The molecule has 0 atom stereocenters. The topological polar surface area (TPSA) is 29.9 Å². The molecule has 17 heavy (non-hydrogen) atoms. The SMILES string of the molecule is Cn1cc(-c2cc3c(cc2Cl)NCCC3)cn1. The maximum atomic E-state index is 6.33. The second-order valence-electron chi connectivity index (χ2n) is 4.42. The number of rotatable bonds is 1. The number of fused-ring (bicyclic) bond motifs is 1. The van der Waals surface area contributed by atoms with E-state index in [1.807, 2.05) is 25.5 Å². The smallest absolute Gasteiger partial charge is 0.0568 e. The molecule has 0 bridgehead atoms. The van der Waals surface area contributed by atoms with Crippen LogP contribution in [-0.4, -0.2) is 16.3 Å². The lowest BCUT2D eigenvalue weighted by molar-refractivity contribution is 0.768. The molecule has 0 saturated carbocycles. The highest BCUT2D eigenvalue weighted by Crippen LogP contribution is 2.34. The normalized spacial score (nSPS) is 14.2. The highest BCUT2D eigenvalue weighted by atomic mass is 35.5. The lowest BCUT2D eigenvalue weighted by Gasteiger charge is -2.19. The molecule has 0 aliphatic carbocycles. The molecular formula is C13H14ClN3. The molecule has 3 rings (SSSR count). The molecule has 1 aromatic carbocycles. The maximum Gasteiger partial charge on any atom is 0.0568 e. The molecule has 3 nitrogen and oxygen atoms in total. The van der Waals surface area contributed by atoms with Gasteiger partial charge in [0.05, 0.1) is 11.2 Å². The van der Waals surface area contributed by atoms with Crippen LogP contribution in [0.5, 0.6) is 0 Å². The second kappa shape index (κ2) is 4.08. The fraction of sp³-hybridized carbons (Fsp3) is 0.308. The standard InChI is InChI=1S/C13H14ClN3/c1-17-8-10(7-16-17)11-5-9-3-2-4-15-13(9)6-12(11)14/h5-8,15H,2-4H2,1H3. The van der Waals surface area contributed by atoms with Crippen molar-refractivity contribution in [2.24, 2.45) is 7.05 Å². The largest absolute Gasteiger partial charge is 0.385 e. The van der Waals surface area contributed by atoms with E-state index in [4.69, 9.17) is 11.6 Å². The molecular weight excluding hydrogens is 234 g/mol. The van der Waals surface area contributed by atoms with E-state index < -0.39 is 0 Å². The third-order valence-electron chi connectivity index (χ3n) is 3.15. The molecule has 0 amide bonds. The highest BCUT2D eigenvalue weighted by molar-refractivity contribution is 6.33. The van der Waals surface area contributed by atoms with Crippen LogP contribution in [0.15, 0.2) is 24.5 Å². The predicted molar refractivity (Wildman–Crippen MR) is 70.5 cm³/mol. The molecule has 88 valence electrons. The minimum absolute atomic E-state index is 0.783. The Morgan fingerprint density at radius 1 is 1.41 bits per heavy atom. The van der Waals surface area contributed by atoms with Crippen LogP contribution in [0.3, 0.4) is 0 Å². The lowest BCUT2D eigenvalue weighted by Crippen LogP contribution is -2.11. The Bertz CT molecular complexity index is 560. The van der Waals surface area contributed by atoms with Gasteiger partial charge in [-0.05, 0) is 30.5 Å². The highest BCUT2D eigenvalue weighted by Gasteiger charge is 2.13. The summed E-state index contributed by atoms with van der Waals surface area (Å²) in [6, 6.07) is 4.21. The first-order chi connectivity index (χ1) is 8.24. The zero-order chi connectivity index (χ0) is 11.8. The van der Waals surface area contributed by atoms with E-state index in [2.05, 4.69) is 16.5 Å². The van der Waals surface area contributed by atoms with Gasteiger partial charge in [-0.1, -0.05) is 11.6 Å². The quantitative estimate of drug-likeness (QED) is 0.839. The van der Waals surface area contributed by atoms with Crippen molar-refractivity contribution in [1.82, 2.24) is 9.78 Å². The number of nitrogens with zero attached hydrogens (tertiary/aromatic N) is 2. The van der Waals surface area contributed by atoms with Crippen molar-refractivity contribution in [2.45, 2.75) is 12.8 Å². The number of aryl methyl sites for hydroxylation is 2. The van der Waals surface area contributed by atoms with Gasteiger partial charge in [0, 0.05) is 36.6 Å². The van der Waals surface area contributed by atoms with E-state index in [1.165, 1.54) is 17.7 Å². The van der Waals surface area contributed by atoms with Gasteiger partial charge in [-0.15, -0.1) is 0 Å². The molecule has 1 aromatic heterocycles. The van der Waals surface area contributed by atoms with E-state index >= 15 is 0 Å². The minimum atomic E-state index is 0.783. The zero-order valence-corrected chi connectivity index (χ0v) is 10.5. The summed E-state index contributed by atoms with van der Waals surface area (Å²) in [5.74, 6) is 0. The number of aromatic nitrogens is 2. The van der Waals surface area contributed by atoms with Gasteiger partial charge in [-0.2, -0.15) is 5.10 Å². The molecule has 4 heteroatoms. The molecule has 0 saturated heterocycles. The summed E-state index contributed by atoms with van der Waals surface area (Å²) in [6.07, 6.45) is 6.14. The van der Waals surface area contributed by atoms with Crippen LogP contribution < -0.4 is 5.32 Å². The van der Waals surface area contributed by atoms with Crippen molar-refractivity contribution < 1.29 is 0 Å². The lowest BCUT2D eigenvalue weighted by atomic mass is 9.98. The number of anilines is 1. The monoisotopic (exact) mass is 247 g/mol. The van der Waals surface area contributed by atoms with Crippen LogP contribution in [0.25, 0.3) is 11.1 Å². The summed E-state index contributed by atoms with van der Waals surface area (Å²) in [7, 11) is 1.91. The maximum absolute atomic E-state index is 6.33. The minimum Gasteiger partial charge on any atom is -0.385 e. The fourth-order valence-corrected chi connectivity index (χ4v) is 2.55. The Morgan fingerprint density at radius 2 is 2.29 bits per heavy atom. The van der Waals surface area contributed by atoms with E-state index in [9.17, 15) is 0 Å². The van der Waals surface area contributed by atoms with Gasteiger partial charge in [-0.3, -0.25) is 4.68 Å². The fourth-order valence-electron chi connectivity index (χ4n) is 2.27. The van der Waals surface area contributed by atoms with Crippen molar-refractivity contribution in [1.29, 1.82) is 0 Å². The van der Waals surface area contributed by atoms with Crippen LogP contribution in [0, 0.1) is 0 Å². The molecule has 2 heterocycles. The zero-order valence-electron chi connectivity index (χ0n) is 9.70. The number of benzene rings is 1. The molecule has 1 N–H and O–H groups in total. The van der Waals surface area contributed by atoms with Crippen molar-refractivity contribution in [3.8, 4) is 11.1 Å². The van der Waals surface area contributed by atoms with E-state index in [0.717, 1.165) is 29.1 Å². The first kappa shape index (κ1) is 10.7. The molecule has 1 aliphatic heterocycles. The van der Waals surface area contributed by atoms with E-state index in [1.54, 1.807) is 4.68 Å². The average molecular weight is 248 g/mol. The van der Waals surface area contributed by atoms with Crippen molar-refractivity contribution >= 4 is 17.3 Å². The molecule has 0 unspecified atom stereocenters. The van der Waals surface area contributed by atoms with Crippen molar-refractivity contribution in [2.75, 3.05) is 11.9 Å². The summed E-state index contributed by atoms with van der Waals surface area (Å²) < 4.78 is 1.80. The number of nitrogens with one attached hydrogen (secondary N) is 1. The van der Waals surface area contributed by atoms with Crippen molar-refractivity contribution in [3.05, 3.63) is 35.1 Å². The molecule has 2 aromatic rings. The first-order valence-corrected chi connectivity index (χ1v) is 6.17. The average Bonchev–Trinajstić information content (AvgIpc) is 2.75. The van der Waals surface area contributed by atoms with Gasteiger partial charge >= 0.3 is 0 Å². The van der Waals surface area contributed by atoms with Gasteiger partial charge < -0.3 is 5.32 Å². The van der Waals surface area contributed by atoms with Crippen LogP contribution in [0.1, 0.15) is 12.0 Å². The Balaban J connectivity index is 2.11. The van der Waals surface area contributed by atoms with Gasteiger partial charge in [0.1, 0.15) is 0 Å². The second-order valence-corrected chi connectivity index (χ2v) is 4.83. The van der Waals surface area contributed by atoms with Crippen LogP contribution in [0.2, 0.25) is 5.02 Å². The Morgan fingerprint density at radius 3 is 3.06 bits per heavy atom. The van der Waals surface area contributed by atoms with Gasteiger partial charge in [0.25, 0.3) is 0 Å². The van der Waals surface area contributed by atoms with Gasteiger partial charge in [-0.25, -0.2) is 0 Å². The van der Waals surface area contributed by atoms with Crippen molar-refractivity contribution in [3.63, 3.8) is 0 Å². The molecule has 0 spiro atoms. The van der Waals surface area contributed by atoms with Crippen LogP contribution >= 0.6 is 11.6 Å². The Hall–Kier alpha value is -1.48. The molecule has 0 radical (unpaired) electrons. The van der Waals surface area contributed by atoms with E-state index in [-0.39, 0.29) is 0 Å². The summed E-state index contributed by atoms with van der Waals surface area (Å²) in [6.45, 7) is 1.04. The number of hydrogen-bond acceptors (Lipinski definition) is 2. The van der Waals surface area contributed by atoms with Gasteiger partial charge in [0.2, 0.25) is 0 Å².